The number of hydrogen-bond donors (Lipinski definition) is 1. The molecule has 2 aromatic rings. The standard InChI is InChI=1S/C19H24N6O2/c1-26-18-3-2-15(11-21-18)16-10-17(23-12-22-16)24-19-20-7-4-14-5-8-25(9-6-14)13-27-19/h2-3,10-12,14H,4-9,13H2,1H3,(H,20,22,23,24). The molecule has 2 bridgehead atoms. The van der Waals surface area contributed by atoms with Crippen molar-refractivity contribution in [3.63, 3.8) is 0 Å². The number of aromatic nitrogens is 3. The van der Waals surface area contributed by atoms with E-state index in [-0.39, 0.29) is 0 Å². The van der Waals surface area contributed by atoms with Crippen LogP contribution in [0.1, 0.15) is 19.3 Å². The van der Waals surface area contributed by atoms with Crippen molar-refractivity contribution < 1.29 is 9.47 Å². The predicted molar refractivity (Wildman–Crippen MR) is 103 cm³/mol. The molecule has 0 amide bonds. The highest BCUT2D eigenvalue weighted by atomic mass is 16.5. The molecule has 0 radical (unpaired) electrons. The van der Waals surface area contributed by atoms with Gasteiger partial charge >= 0.3 is 0 Å². The van der Waals surface area contributed by atoms with Gasteiger partial charge in [-0.1, -0.05) is 0 Å². The molecule has 0 unspecified atom stereocenters. The van der Waals surface area contributed by atoms with Gasteiger partial charge in [-0.05, 0) is 31.2 Å². The summed E-state index contributed by atoms with van der Waals surface area (Å²) >= 11 is 0. The highest BCUT2D eigenvalue weighted by Gasteiger charge is 2.21. The number of fused-ring (bicyclic) bond motifs is 6. The first kappa shape index (κ1) is 17.7. The quantitative estimate of drug-likeness (QED) is 0.890. The maximum absolute atomic E-state index is 5.90. The van der Waals surface area contributed by atoms with Gasteiger partial charge in [0.05, 0.1) is 12.8 Å². The molecule has 3 aliphatic rings. The van der Waals surface area contributed by atoms with E-state index in [2.05, 4.69) is 30.2 Å². The van der Waals surface area contributed by atoms with Crippen LogP contribution in [0.3, 0.4) is 0 Å². The lowest BCUT2D eigenvalue weighted by Crippen LogP contribution is -2.38. The van der Waals surface area contributed by atoms with Crippen LogP contribution < -0.4 is 10.1 Å². The number of ether oxygens (including phenoxy) is 2. The maximum atomic E-state index is 5.90. The normalized spacial score (nSPS) is 22.5. The van der Waals surface area contributed by atoms with Crippen molar-refractivity contribution in [2.24, 2.45) is 10.9 Å². The fraction of sp³-hybridized carbons (Fsp3) is 0.474. The SMILES string of the molecule is COc1ccc(-c2cc(NC3=NCCC4CCN(CC4)CO3)ncn2)cn1. The molecule has 3 aliphatic heterocycles. The Kier molecular flexibility index (Phi) is 5.43. The molecule has 27 heavy (non-hydrogen) atoms. The average Bonchev–Trinajstić information content (AvgIpc) is 2.74. The Bertz CT molecular complexity index is 787. The predicted octanol–water partition coefficient (Wildman–Crippen LogP) is 2.40. The summed E-state index contributed by atoms with van der Waals surface area (Å²) in [4.78, 5) is 19.8. The number of piperidine rings is 1. The lowest BCUT2D eigenvalue weighted by atomic mass is 9.94. The van der Waals surface area contributed by atoms with Crippen LogP contribution in [0.15, 0.2) is 35.7 Å². The van der Waals surface area contributed by atoms with Crippen LogP contribution in [0.4, 0.5) is 5.82 Å². The van der Waals surface area contributed by atoms with E-state index in [0.717, 1.165) is 43.2 Å². The summed E-state index contributed by atoms with van der Waals surface area (Å²) in [5.74, 6) is 1.99. The molecule has 0 saturated carbocycles. The summed E-state index contributed by atoms with van der Waals surface area (Å²) in [5.41, 5.74) is 1.66. The van der Waals surface area contributed by atoms with Crippen molar-refractivity contribution in [2.75, 3.05) is 38.8 Å². The van der Waals surface area contributed by atoms with Crippen molar-refractivity contribution in [3.05, 3.63) is 30.7 Å². The third kappa shape index (κ3) is 4.51. The Balaban J connectivity index is 1.48. The number of aliphatic imine (C=N–C) groups is 1. The average molecular weight is 368 g/mol. The molecule has 1 saturated heterocycles. The molecule has 8 nitrogen and oxygen atoms in total. The van der Waals surface area contributed by atoms with Crippen LogP contribution in [0.25, 0.3) is 11.3 Å². The molecule has 142 valence electrons. The van der Waals surface area contributed by atoms with E-state index in [1.165, 1.54) is 19.2 Å². The first-order valence-electron chi connectivity index (χ1n) is 9.29. The Labute approximate surface area is 158 Å². The van der Waals surface area contributed by atoms with Crippen molar-refractivity contribution in [1.29, 1.82) is 0 Å². The number of nitrogens with one attached hydrogen (secondary N) is 1. The summed E-state index contributed by atoms with van der Waals surface area (Å²) in [6.07, 6.45) is 6.84. The fourth-order valence-electron chi connectivity index (χ4n) is 3.37. The molecule has 0 aliphatic carbocycles. The molecular formula is C19H24N6O2. The van der Waals surface area contributed by atoms with Crippen LogP contribution in [0.2, 0.25) is 0 Å². The van der Waals surface area contributed by atoms with E-state index in [9.17, 15) is 0 Å². The van der Waals surface area contributed by atoms with E-state index >= 15 is 0 Å². The largest absolute Gasteiger partial charge is 0.481 e. The second-order valence-electron chi connectivity index (χ2n) is 6.81. The van der Waals surface area contributed by atoms with E-state index < -0.39 is 0 Å². The lowest BCUT2D eigenvalue weighted by Gasteiger charge is -2.32. The van der Waals surface area contributed by atoms with Gasteiger partial charge in [-0.3, -0.25) is 10.2 Å². The highest BCUT2D eigenvalue weighted by molar-refractivity contribution is 5.88. The van der Waals surface area contributed by atoms with Crippen molar-refractivity contribution >= 4 is 11.8 Å². The number of rotatable bonds is 3. The molecule has 1 fully saturated rings. The van der Waals surface area contributed by atoms with E-state index in [0.29, 0.717) is 24.5 Å². The molecule has 0 spiro atoms. The first-order valence-corrected chi connectivity index (χ1v) is 9.29. The third-order valence-corrected chi connectivity index (χ3v) is 5.03. The minimum Gasteiger partial charge on any atom is -0.481 e. The second-order valence-corrected chi connectivity index (χ2v) is 6.81. The summed E-state index contributed by atoms with van der Waals surface area (Å²) in [6, 6.07) is 6.10. The summed E-state index contributed by atoms with van der Waals surface area (Å²) in [5, 5.41) is 3.19. The Hall–Kier alpha value is -2.74. The van der Waals surface area contributed by atoms with Crippen LogP contribution in [0.5, 0.6) is 5.88 Å². The van der Waals surface area contributed by atoms with Gasteiger partial charge in [-0.25, -0.2) is 19.9 Å². The zero-order chi connectivity index (χ0) is 18.5. The molecular weight excluding hydrogens is 344 g/mol. The van der Waals surface area contributed by atoms with Gasteiger partial charge in [0, 0.05) is 43.5 Å². The van der Waals surface area contributed by atoms with Gasteiger partial charge in [-0.2, -0.15) is 0 Å². The van der Waals surface area contributed by atoms with Crippen LogP contribution >= 0.6 is 0 Å². The second kappa shape index (κ2) is 8.30. The van der Waals surface area contributed by atoms with E-state index in [1.807, 2.05) is 18.2 Å². The van der Waals surface area contributed by atoms with Crippen LogP contribution in [-0.4, -0.2) is 59.3 Å². The molecule has 1 N–H and O–H groups in total. The zero-order valence-corrected chi connectivity index (χ0v) is 15.5. The minimum absolute atomic E-state index is 0.514. The lowest BCUT2D eigenvalue weighted by molar-refractivity contribution is 0.0761. The molecule has 2 aromatic heterocycles. The zero-order valence-electron chi connectivity index (χ0n) is 15.5. The van der Waals surface area contributed by atoms with E-state index in [1.54, 1.807) is 13.3 Å². The topological polar surface area (TPSA) is 84.8 Å². The van der Waals surface area contributed by atoms with Crippen molar-refractivity contribution in [2.45, 2.75) is 19.3 Å². The van der Waals surface area contributed by atoms with Gasteiger partial charge in [0.1, 0.15) is 18.9 Å². The van der Waals surface area contributed by atoms with Crippen molar-refractivity contribution in [1.82, 2.24) is 19.9 Å². The number of methoxy groups -OCH3 is 1. The smallest absolute Gasteiger partial charge is 0.291 e. The Morgan fingerprint density at radius 3 is 2.81 bits per heavy atom. The molecule has 5 heterocycles. The molecule has 8 heteroatoms. The number of pyridine rings is 1. The fourth-order valence-corrected chi connectivity index (χ4v) is 3.37. The van der Waals surface area contributed by atoms with Gasteiger partial charge in [-0.15, -0.1) is 0 Å². The van der Waals surface area contributed by atoms with Gasteiger partial charge in [0.2, 0.25) is 5.88 Å². The number of anilines is 1. The third-order valence-electron chi connectivity index (χ3n) is 5.03. The summed E-state index contributed by atoms with van der Waals surface area (Å²) < 4.78 is 11.0. The van der Waals surface area contributed by atoms with Gasteiger partial charge in [0.15, 0.2) is 0 Å². The first-order chi connectivity index (χ1) is 13.3. The number of amidine groups is 1. The Morgan fingerprint density at radius 2 is 2.04 bits per heavy atom. The van der Waals surface area contributed by atoms with Crippen LogP contribution in [0, 0.1) is 5.92 Å². The number of hydrogen-bond acceptors (Lipinski definition) is 8. The summed E-state index contributed by atoms with van der Waals surface area (Å²) in [7, 11) is 1.59. The molecule has 0 atom stereocenters. The maximum Gasteiger partial charge on any atom is 0.291 e. The van der Waals surface area contributed by atoms with Gasteiger partial charge in [0.25, 0.3) is 6.02 Å². The monoisotopic (exact) mass is 368 g/mol. The number of nitrogens with zero attached hydrogens (tertiary/aromatic N) is 5. The molecule has 0 aromatic carbocycles. The highest BCUT2D eigenvalue weighted by Crippen LogP contribution is 2.22. The van der Waals surface area contributed by atoms with Gasteiger partial charge < -0.3 is 9.47 Å². The van der Waals surface area contributed by atoms with Crippen LogP contribution in [-0.2, 0) is 4.74 Å². The Morgan fingerprint density at radius 1 is 1.15 bits per heavy atom. The van der Waals surface area contributed by atoms with Crippen molar-refractivity contribution in [3.8, 4) is 17.1 Å². The summed E-state index contributed by atoms with van der Waals surface area (Å²) in [6.45, 7) is 3.52. The van der Waals surface area contributed by atoms with E-state index in [4.69, 9.17) is 9.47 Å². The minimum atomic E-state index is 0.514. The molecule has 5 rings (SSSR count).